The summed E-state index contributed by atoms with van der Waals surface area (Å²) in [6, 6.07) is 3.97. The molecule has 15 heavy (non-hydrogen) atoms. The molecule has 1 aromatic carbocycles. The van der Waals surface area contributed by atoms with Crippen LogP contribution in [0.3, 0.4) is 0 Å². The minimum absolute atomic E-state index is 0.0367. The van der Waals surface area contributed by atoms with Gasteiger partial charge in [-0.05, 0) is 11.6 Å². The van der Waals surface area contributed by atoms with Crippen LogP contribution < -0.4 is 0 Å². The number of methoxy groups -OCH3 is 1. The minimum atomic E-state index is -1.16. The van der Waals surface area contributed by atoms with Crippen LogP contribution in [0.2, 0.25) is 0 Å². The third-order valence-corrected chi connectivity index (χ3v) is 1.83. The topological polar surface area (TPSA) is 63.6 Å². The maximum absolute atomic E-state index is 13.5. The average Bonchev–Trinajstić information content (AvgIpc) is 2.19. The molecule has 80 valence electrons. The Kier molecular flexibility index (Phi) is 3.38. The van der Waals surface area contributed by atoms with Crippen LogP contribution in [0.4, 0.5) is 4.39 Å². The van der Waals surface area contributed by atoms with E-state index in [1.54, 1.807) is 0 Å². The third-order valence-electron chi connectivity index (χ3n) is 1.83. The van der Waals surface area contributed by atoms with Crippen LogP contribution in [0.5, 0.6) is 0 Å². The van der Waals surface area contributed by atoms with Crippen molar-refractivity contribution in [3.63, 3.8) is 0 Å². The van der Waals surface area contributed by atoms with Gasteiger partial charge in [-0.25, -0.2) is 9.18 Å². The van der Waals surface area contributed by atoms with Gasteiger partial charge in [0.15, 0.2) is 0 Å². The maximum atomic E-state index is 13.5. The number of carbonyl (C=O) groups excluding carboxylic acids is 1. The summed E-state index contributed by atoms with van der Waals surface area (Å²) in [4.78, 5) is 21.5. The highest BCUT2D eigenvalue weighted by Crippen LogP contribution is 2.14. The van der Waals surface area contributed by atoms with E-state index in [2.05, 4.69) is 4.74 Å². The van der Waals surface area contributed by atoms with E-state index in [0.717, 1.165) is 7.11 Å². The zero-order valence-electron chi connectivity index (χ0n) is 7.99. The van der Waals surface area contributed by atoms with Gasteiger partial charge in [-0.1, -0.05) is 12.1 Å². The summed E-state index contributed by atoms with van der Waals surface area (Å²) < 4.78 is 17.9. The predicted octanol–water partition coefficient (Wildman–Crippen LogP) is 1.24. The quantitative estimate of drug-likeness (QED) is 0.765. The molecule has 0 bridgehead atoms. The van der Waals surface area contributed by atoms with Crippen molar-refractivity contribution in [2.75, 3.05) is 7.11 Å². The summed E-state index contributed by atoms with van der Waals surface area (Å²) in [5, 5.41) is 8.50. The van der Waals surface area contributed by atoms with Gasteiger partial charge >= 0.3 is 11.9 Å². The Morgan fingerprint density at radius 3 is 2.67 bits per heavy atom. The van der Waals surface area contributed by atoms with Gasteiger partial charge in [0.25, 0.3) is 0 Å². The van der Waals surface area contributed by atoms with Gasteiger partial charge in [0.1, 0.15) is 5.82 Å². The first-order valence-electron chi connectivity index (χ1n) is 4.13. The molecule has 0 heterocycles. The lowest BCUT2D eigenvalue weighted by atomic mass is 10.1. The minimum Gasteiger partial charge on any atom is -0.481 e. The van der Waals surface area contributed by atoms with Crippen molar-refractivity contribution >= 4 is 11.9 Å². The maximum Gasteiger partial charge on any atom is 0.340 e. The molecule has 0 aromatic heterocycles. The van der Waals surface area contributed by atoms with Crippen LogP contribution in [-0.2, 0) is 16.0 Å². The van der Waals surface area contributed by atoms with Crippen LogP contribution in [0.25, 0.3) is 0 Å². The molecule has 0 unspecified atom stereocenters. The fourth-order valence-corrected chi connectivity index (χ4v) is 1.15. The molecule has 0 aliphatic heterocycles. The van der Waals surface area contributed by atoms with Crippen LogP contribution in [0.1, 0.15) is 15.9 Å². The average molecular weight is 212 g/mol. The van der Waals surface area contributed by atoms with E-state index in [9.17, 15) is 14.0 Å². The van der Waals surface area contributed by atoms with Crippen molar-refractivity contribution in [3.8, 4) is 0 Å². The van der Waals surface area contributed by atoms with E-state index in [4.69, 9.17) is 5.11 Å². The number of aliphatic carboxylic acids is 1. The number of rotatable bonds is 3. The molecule has 0 radical (unpaired) electrons. The van der Waals surface area contributed by atoms with E-state index in [0.29, 0.717) is 0 Å². The molecule has 0 spiro atoms. The smallest absolute Gasteiger partial charge is 0.340 e. The Morgan fingerprint density at radius 2 is 2.13 bits per heavy atom. The molecule has 0 saturated carbocycles. The first-order chi connectivity index (χ1) is 7.06. The number of benzene rings is 1. The van der Waals surface area contributed by atoms with Gasteiger partial charge in [-0.2, -0.15) is 0 Å². The van der Waals surface area contributed by atoms with Crippen molar-refractivity contribution in [2.45, 2.75) is 6.42 Å². The van der Waals surface area contributed by atoms with Crippen LogP contribution in [0, 0.1) is 5.82 Å². The first kappa shape index (κ1) is 11.2. The molecule has 0 saturated heterocycles. The Labute approximate surface area is 85.3 Å². The van der Waals surface area contributed by atoms with Crippen molar-refractivity contribution in [2.24, 2.45) is 0 Å². The number of halogens is 1. The zero-order chi connectivity index (χ0) is 11.4. The molecule has 0 aliphatic rings. The molecular weight excluding hydrogens is 203 g/mol. The molecule has 1 aromatic rings. The molecule has 0 atom stereocenters. The van der Waals surface area contributed by atoms with Crippen molar-refractivity contribution in [3.05, 3.63) is 35.1 Å². The van der Waals surface area contributed by atoms with Crippen molar-refractivity contribution < 1.29 is 23.8 Å². The largest absolute Gasteiger partial charge is 0.481 e. The van der Waals surface area contributed by atoms with Crippen LogP contribution >= 0.6 is 0 Å². The van der Waals surface area contributed by atoms with E-state index in [1.165, 1.54) is 18.2 Å². The lowest BCUT2D eigenvalue weighted by molar-refractivity contribution is -0.136. The van der Waals surface area contributed by atoms with E-state index < -0.39 is 24.2 Å². The summed E-state index contributed by atoms with van der Waals surface area (Å²) in [5.74, 6) is -2.82. The molecule has 4 nitrogen and oxygen atoms in total. The SMILES string of the molecule is COC(=O)c1cccc(CC(=O)O)c1F. The second-order valence-electron chi connectivity index (χ2n) is 2.84. The Morgan fingerprint density at radius 1 is 1.47 bits per heavy atom. The summed E-state index contributed by atoms with van der Waals surface area (Å²) in [5.41, 5.74) is -0.290. The van der Waals surface area contributed by atoms with E-state index >= 15 is 0 Å². The number of carboxylic acids is 1. The standard InChI is InChI=1S/C10H9FO4/c1-15-10(14)7-4-2-3-6(9(7)11)5-8(12)13/h2-4H,5H2,1H3,(H,12,13). The number of hydrogen-bond donors (Lipinski definition) is 1. The molecule has 1 rings (SSSR count). The second kappa shape index (κ2) is 4.54. The third kappa shape index (κ3) is 2.52. The summed E-state index contributed by atoms with van der Waals surface area (Å²) in [6.45, 7) is 0. The highest BCUT2D eigenvalue weighted by Gasteiger charge is 2.16. The Balaban J connectivity index is 3.11. The van der Waals surface area contributed by atoms with Crippen LogP contribution in [0.15, 0.2) is 18.2 Å². The fraction of sp³-hybridized carbons (Fsp3) is 0.200. The van der Waals surface area contributed by atoms with Gasteiger partial charge in [0, 0.05) is 0 Å². The molecule has 1 N–H and O–H groups in total. The van der Waals surface area contributed by atoms with Crippen LogP contribution in [-0.4, -0.2) is 24.2 Å². The van der Waals surface area contributed by atoms with Gasteiger partial charge in [-0.3, -0.25) is 4.79 Å². The normalized spacial score (nSPS) is 9.73. The predicted molar refractivity (Wildman–Crippen MR) is 49.1 cm³/mol. The lowest BCUT2D eigenvalue weighted by Gasteiger charge is -2.04. The lowest BCUT2D eigenvalue weighted by Crippen LogP contribution is -2.09. The summed E-state index contributed by atoms with van der Waals surface area (Å²) in [7, 11) is 1.13. The summed E-state index contributed by atoms with van der Waals surface area (Å²) in [6.07, 6.45) is -0.462. The van der Waals surface area contributed by atoms with Gasteiger partial charge in [0.05, 0.1) is 19.1 Å². The van der Waals surface area contributed by atoms with Gasteiger partial charge in [0.2, 0.25) is 0 Å². The molecular formula is C10H9FO4. The highest BCUT2D eigenvalue weighted by atomic mass is 19.1. The number of carbonyl (C=O) groups is 2. The number of hydrogen-bond acceptors (Lipinski definition) is 3. The molecule has 0 fully saturated rings. The van der Waals surface area contributed by atoms with Crippen molar-refractivity contribution in [1.82, 2.24) is 0 Å². The fourth-order valence-electron chi connectivity index (χ4n) is 1.15. The van der Waals surface area contributed by atoms with Gasteiger partial charge < -0.3 is 9.84 Å². The first-order valence-corrected chi connectivity index (χ1v) is 4.13. The number of carboxylic acid groups (broad SMARTS) is 1. The number of ether oxygens (including phenoxy) is 1. The zero-order valence-corrected chi connectivity index (χ0v) is 7.99. The van der Waals surface area contributed by atoms with E-state index in [1.807, 2.05) is 0 Å². The van der Waals surface area contributed by atoms with Gasteiger partial charge in [-0.15, -0.1) is 0 Å². The molecule has 0 amide bonds. The summed E-state index contributed by atoms with van der Waals surface area (Å²) >= 11 is 0. The van der Waals surface area contributed by atoms with Crippen molar-refractivity contribution in [1.29, 1.82) is 0 Å². The molecule has 0 aliphatic carbocycles. The Hall–Kier alpha value is -1.91. The Bertz CT molecular complexity index is 400. The second-order valence-corrected chi connectivity index (χ2v) is 2.84. The highest BCUT2D eigenvalue weighted by molar-refractivity contribution is 5.90. The van der Waals surface area contributed by atoms with E-state index in [-0.39, 0.29) is 11.1 Å². The number of esters is 1. The molecule has 5 heteroatoms. The monoisotopic (exact) mass is 212 g/mol.